The first-order valence-corrected chi connectivity index (χ1v) is 9.89. The molecule has 1 aliphatic heterocycles. The summed E-state index contributed by atoms with van der Waals surface area (Å²) in [5, 5.41) is 21.5. The van der Waals surface area contributed by atoms with Crippen LogP contribution in [0, 0.1) is 25.2 Å². The van der Waals surface area contributed by atoms with Crippen molar-refractivity contribution in [2.24, 2.45) is 0 Å². The van der Waals surface area contributed by atoms with Crippen molar-refractivity contribution in [2.45, 2.75) is 59.4 Å². The molecule has 1 aliphatic rings. The molecule has 3 rings (SSSR count). The van der Waals surface area contributed by atoms with Crippen LogP contribution in [0.25, 0.3) is 0 Å². The van der Waals surface area contributed by atoms with E-state index in [-0.39, 0.29) is 11.9 Å². The molecule has 1 fully saturated rings. The molecule has 1 amide bonds. The summed E-state index contributed by atoms with van der Waals surface area (Å²) >= 11 is 0. The van der Waals surface area contributed by atoms with Crippen LogP contribution in [0.15, 0.2) is 10.5 Å². The maximum absolute atomic E-state index is 12.5. The van der Waals surface area contributed by atoms with E-state index in [1.807, 2.05) is 20.8 Å². The van der Waals surface area contributed by atoms with Crippen LogP contribution in [-0.4, -0.2) is 35.2 Å². The van der Waals surface area contributed by atoms with E-state index in [1.165, 1.54) is 0 Å². The second-order valence-corrected chi connectivity index (χ2v) is 7.20. The monoisotopic (exact) mass is 381 g/mol. The maximum Gasteiger partial charge on any atom is 0.255 e. The smallest absolute Gasteiger partial charge is 0.255 e. The van der Waals surface area contributed by atoms with Gasteiger partial charge in [-0.15, -0.1) is 5.10 Å². The predicted octanol–water partition coefficient (Wildman–Crippen LogP) is 3.08. The number of hydrogen-bond donors (Lipinski definition) is 1. The van der Waals surface area contributed by atoms with Crippen molar-refractivity contribution in [3.63, 3.8) is 0 Å². The average molecular weight is 381 g/mol. The van der Waals surface area contributed by atoms with Crippen molar-refractivity contribution in [3.05, 3.63) is 40.0 Å². The van der Waals surface area contributed by atoms with Gasteiger partial charge in [-0.05, 0) is 51.2 Å². The highest BCUT2D eigenvalue weighted by molar-refractivity contribution is 5.95. The molecule has 1 saturated heterocycles. The van der Waals surface area contributed by atoms with Crippen molar-refractivity contribution in [1.82, 2.24) is 15.5 Å². The lowest BCUT2D eigenvalue weighted by atomic mass is 10.0. The van der Waals surface area contributed by atoms with E-state index in [0.717, 1.165) is 55.8 Å². The standard InChI is InChI=1S/C21H27N5O2/c1-5-16-18(12-22)20(25-24-19(16)6-2)26-9-7-15(8-10-26)23-21(27)17-11-13(3)28-14(17)4/h11,15H,5-10H2,1-4H3,(H,23,27). The fourth-order valence-corrected chi connectivity index (χ4v) is 3.86. The Morgan fingerprint density at radius 1 is 1.29 bits per heavy atom. The van der Waals surface area contributed by atoms with Gasteiger partial charge in [0.25, 0.3) is 5.91 Å². The lowest BCUT2D eigenvalue weighted by Crippen LogP contribution is -2.45. The van der Waals surface area contributed by atoms with Gasteiger partial charge in [-0.1, -0.05) is 13.8 Å². The number of hydrogen-bond acceptors (Lipinski definition) is 6. The van der Waals surface area contributed by atoms with Gasteiger partial charge in [-0.25, -0.2) is 0 Å². The number of nitrogens with one attached hydrogen (secondary N) is 1. The number of carbonyl (C=O) groups excluding carboxylic acids is 1. The molecule has 0 spiro atoms. The number of aryl methyl sites for hydroxylation is 3. The highest BCUT2D eigenvalue weighted by atomic mass is 16.3. The number of aromatic nitrogens is 2. The second kappa shape index (κ2) is 8.42. The molecule has 0 saturated carbocycles. The van der Waals surface area contributed by atoms with Gasteiger partial charge in [-0.3, -0.25) is 4.79 Å². The SMILES string of the molecule is CCc1nnc(N2CCC(NC(=O)c3cc(C)oc3C)CC2)c(C#N)c1CC. The Morgan fingerprint density at radius 3 is 2.54 bits per heavy atom. The highest BCUT2D eigenvalue weighted by Gasteiger charge is 2.26. The van der Waals surface area contributed by atoms with Gasteiger partial charge < -0.3 is 14.6 Å². The van der Waals surface area contributed by atoms with Crippen LogP contribution in [0.3, 0.4) is 0 Å². The molecule has 7 heteroatoms. The minimum atomic E-state index is -0.0918. The number of nitriles is 1. The third kappa shape index (κ3) is 3.86. The summed E-state index contributed by atoms with van der Waals surface area (Å²) in [5.41, 5.74) is 3.13. The number of rotatable bonds is 5. The van der Waals surface area contributed by atoms with E-state index < -0.39 is 0 Å². The number of nitrogens with zero attached hydrogens (tertiary/aromatic N) is 4. The van der Waals surface area contributed by atoms with Crippen molar-refractivity contribution in [3.8, 4) is 6.07 Å². The first kappa shape index (κ1) is 19.9. The Hall–Kier alpha value is -2.88. The van der Waals surface area contributed by atoms with E-state index in [2.05, 4.69) is 26.5 Å². The number of furan rings is 1. The van der Waals surface area contributed by atoms with Crippen LogP contribution in [0.1, 0.15) is 65.4 Å². The molecule has 1 N–H and O–H groups in total. The Labute approximate surface area is 165 Å². The van der Waals surface area contributed by atoms with Crippen LogP contribution >= 0.6 is 0 Å². The van der Waals surface area contributed by atoms with Crippen molar-refractivity contribution >= 4 is 11.7 Å². The van der Waals surface area contributed by atoms with Crippen LogP contribution < -0.4 is 10.2 Å². The fraction of sp³-hybridized carbons (Fsp3) is 0.524. The zero-order chi connectivity index (χ0) is 20.3. The largest absolute Gasteiger partial charge is 0.466 e. The molecule has 28 heavy (non-hydrogen) atoms. The first-order chi connectivity index (χ1) is 13.5. The minimum absolute atomic E-state index is 0.0918. The van der Waals surface area contributed by atoms with E-state index >= 15 is 0 Å². The van der Waals surface area contributed by atoms with Gasteiger partial charge in [0, 0.05) is 19.1 Å². The van der Waals surface area contributed by atoms with Crippen LogP contribution in [0.2, 0.25) is 0 Å². The molecule has 0 aliphatic carbocycles. The Bertz CT molecular complexity index is 904. The molecule has 148 valence electrons. The summed E-state index contributed by atoms with van der Waals surface area (Å²) < 4.78 is 5.45. The van der Waals surface area contributed by atoms with Crippen LogP contribution in [0.5, 0.6) is 0 Å². The summed E-state index contributed by atoms with van der Waals surface area (Å²) in [6, 6.07) is 4.21. The molecular weight excluding hydrogens is 354 g/mol. The van der Waals surface area contributed by atoms with Gasteiger partial charge in [0.05, 0.1) is 11.3 Å². The zero-order valence-electron chi connectivity index (χ0n) is 17.0. The van der Waals surface area contributed by atoms with E-state index in [9.17, 15) is 10.1 Å². The first-order valence-electron chi connectivity index (χ1n) is 9.89. The molecule has 0 unspecified atom stereocenters. The van der Waals surface area contributed by atoms with E-state index in [4.69, 9.17) is 4.42 Å². The lowest BCUT2D eigenvalue weighted by Gasteiger charge is -2.33. The normalized spacial score (nSPS) is 14.8. The lowest BCUT2D eigenvalue weighted by molar-refractivity contribution is 0.0929. The minimum Gasteiger partial charge on any atom is -0.466 e. The molecule has 0 aromatic carbocycles. The molecule has 0 bridgehead atoms. The van der Waals surface area contributed by atoms with Gasteiger partial charge >= 0.3 is 0 Å². The van der Waals surface area contributed by atoms with Crippen molar-refractivity contribution < 1.29 is 9.21 Å². The molecule has 0 atom stereocenters. The molecule has 2 aromatic rings. The highest BCUT2D eigenvalue weighted by Crippen LogP contribution is 2.26. The Balaban J connectivity index is 1.68. The summed E-state index contributed by atoms with van der Waals surface area (Å²) in [7, 11) is 0. The summed E-state index contributed by atoms with van der Waals surface area (Å²) in [5.74, 6) is 1.96. The van der Waals surface area contributed by atoms with E-state index in [1.54, 1.807) is 13.0 Å². The van der Waals surface area contributed by atoms with E-state index in [0.29, 0.717) is 22.7 Å². The fourth-order valence-electron chi connectivity index (χ4n) is 3.86. The quantitative estimate of drug-likeness (QED) is 0.855. The number of piperidine rings is 1. The maximum atomic E-state index is 12.5. The summed E-state index contributed by atoms with van der Waals surface area (Å²) in [4.78, 5) is 14.6. The van der Waals surface area contributed by atoms with Crippen molar-refractivity contribution in [1.29, 1.82) is 5.26 Å². The summed E-state index contributed by atoms with van der Waals surface area (Å²) in [6.45, 7) is 9.17. The second-order valence-electron chi connectivity index (χ2n) is 7.20. The summed E-state index contributed by atoms with van der Waals surface area (Å²) in [6.07, 6.45) is 3.13. The van der Waals surface area contributed by atoms with Crippen molar-refractivity contribution in [2.75, 3.05) is 18.0 Å². The average Bonchev–Trinajstić information content (AvgIpc) is 3.05. The molecule has 7 nitrogen and oxygen atoms in total. The van der Waals surface area contributed by atoms with Crippen LogP contribution in [0.4, 0.5) is 5.82 Å². The topological polar surface area (TPSA) is 95.1 Å². The van der Waals surface area contributed by atoms with Crippen LogP contribution in [-0.2, 0) is 12.8 Å². The number of anilines is 1. The molecule has 2 aromatic heterocycles. The van der Waals surface area contributed by atoms with Gasteiger partial charge in [-0.2, -0.15) is 10.4 Å². The number of amides is 1. The third-order valence-corrected chi connectivity index (χ3v) is 5.35. The zero-order valence-corrected chi connectivity index (χ0v) is 17.0. The Kier molecular flexibility index (Phi) is 5.98. The van der Waals surface area contributed by atoms with Gasteiger partial charge in [0.15, 0.2) is 5.82 Å². The molecular formula is C21H27N5O2. The number of carbonyl (C=O) groups is 1. The van der Waals surface area contributed by atoms with Gasteiger partial charge in [0.1, 0.15) is 23.2 Å². The molecule has 0 radical (unpaired) electrons. The molecule has 3 heterocycles. The predicted molar refractivity (Wildman–Crippen MR) is 106 cm³/mol. The Morgan fingerprint density at radius 2 is 2.00 bits per heavy atom. The van der Waals surface area contributed by atoms with Gasteiger partial charge in [0.2, 0.25) is 0 Å². The third-order valence-electron chi connectivity index (χ3n) is 5.35.